The average molecular weight is 408 g/mol. The summed E-state index contributed by atoms with van der Waals surface area (Å²) >= 11 is 0. The zero-order valence-electron chi connectivity index (χ0n) is 16.0. The van der Waals surface area contributed by atoms with Crippen LogP contribution in [-0.2, 0) is 14.8 Å². The Morgan fingerprint density at radius 1 is 0.966 bits per heavy atom. The van der Waals surface area contributed by atoms with Gasteiger partial charge in [0.25, 0.3) is 0 Å². The van der Waals surface area contributed by atoms with Gasteiger partial charge < -0.3 is 0 Å². The summed E-state index contributed by atoms with van der Waals surface area (Å²) in [4.78, 5) is 12.3. The normalized spacial score (nSPS) is 20.9. The molecule has 29 heavy (non-hydrogen) atoms. The Hall–Kier alpha value is -3.09. The number of carbonyl (C=O) groups is 1. The average Bonchev–Trinajstić information content (AvgIpc) is 3.05. The third-order valence-corrected chi connectivity index (χ3v) is 6.71. The molecule has 4 nitrogen and oxygen atoms in total. The molecule has 0 aromatic heterocycles. The zero-order chi connectivity index (χ0) is 20.8. The molecule has 2 aromatic carbocycles. The highest BCUT2D eigenvalue weighted by Crippen LogP contribution is 2.51. The molecule has 0 aliphatic carbocycles. The van der Waals surface area contributed by atoms with E-state index in [1.54, 1.807) is 36.6 Å². The molecule has 2 heterocycles. The van der Waals surface area contributed by atoms with Gasteiger partial charge in [-0.05, 0) is 48.9 Å². The number of hydrogen-bond acceptors (Lipinski definition) is 3. The van der Waals surface area contributed by atoms with Crippen molar-refractivity contribution < 1.29 is 21.5 Å². The van der Waals surface area contributed by atoms with Crippen LogP contribution in [0.3, 0.4) is 0 Å². The molecule has 0 fully saturated rings. The van der Waals surface area contributed by atoms with Crippen LogP contribution in [0.15, 0.2) is 90.3 Å². The van der Waals surface area contributed by atoms with E-state index < -0.39 is 19.7 Å². The zero-order valence-corrected chi connectivity index (χ0v) is 16.8. The standard InChI is InChI=1S/C23H19FNO3S/c1-16(26)20-9-6-14-25(29(2,27)28)22(20)15-21(17-7-4-3-5-8-17)23(25)18-10-12-19(24)13-11-18/h3-15H,1-2H3/q+1. The smallest absolute Gasteiger partial charge is 0.294 e. The number of allylic oxidation sites excluding steroid dienone is 5. The highest BCUT2D eigenvalue weighted by atomic mass is 32.2. The number of carbonyl (C=O) groups excluding carboxylic acids is 1. The molecule has 0 N–H and O–H groups in total. The molecule has 0 saturated carbocycles. The van der Waals surface area contributed by atoms with E-state index in [-0.39, 0.29) is 5.78 Å². The minimum absolute atomic E-state index is 0.223. The molecule has 0 radical (unpaired) electrons. The van der Waals surface area contributed by atoms with Crippen molar-refractivity contribution in [3.8, 4) is 0 Å². The van der Waals surface area contributed by atoms with E-state index in [9.17, 15) is 17.6 Å². The van der Waals surface area contributed by atoms with Crippen LogP contribution in [0.25, 0.3) is 11.3 Å². The number of ketones is 1. The summed E-state index contributed by atoms with van der Waals surface area (Å²) in [7, 11) is -3.80. The maximum atomic E-state index is 13.6. The Labute approximate surface area is 169 Å². The summed E-state index contributed by atoms with van der Waals surface area (Å²) in [5.41, 5.74) is 3.24. The summed E-state index contributed by atoms with van der Waals surface area (Å²) in [5.74, 6) is -0.634. The molecule has 2 aliphatic heterocycles. The van der Waals surface area contributed by atoms with Crippen LogP contribution in [0.5, 0.6) is 0 Å². The highest BCUT2D eigenvalue weighted by molar-refractivity contribution is 7.85. The Bertz CT molecular complexity index is 1240. The highest BCUT2D eigenvalue weighted by Gasteiger charge is 2.54. The summed E-state index contributed by atoms with van der Waals surface area (Å²) in [6.45, 7) is 1.42. The van der Waals surface area contributed by atoms with Crippen molar-refractivity contribution in [3.63, 3.8) is 0 Å². The third kappa shape index (κ3) is 2.92. The molecule has 0 bridgehead atoms. The number of benzene rings is 2. The number of fused-ring (bicyclic) bond motifs is 1. The predicted octanol–water partition coefficient (Wildman–Crippen LogP) is 4.41. The Morgan fingerprint density at radius 3 is 2.21 bits per heavy atom. The van der Waals surface area contributed by atoms with Gasteiger partial charge in [-0.2, -0.15) is 8.42 Å². The summed E-state index contributed by atoms with van der Waals surface area (Å²) in [5, 5.41) is 0. The van der Waals surface area contributed by atoms with Crippen LogP contribution < -0.4 is 0 Å². The fourth-order valence-corrected chi connectivity index (χ4v) is 5.24. The molecule has 146 valence electrons. The lowest BCUT2D eigenvalue weighted by atomic mass is 10.0. The number of rotatable bonds is 4. The van der Waals surface area contributed by atoms with Gasteiger partial charge in [0.05, 0.1) is 17.4 Å². The molecule has 4 rings (SSSR count). The first-order valence-electron chi connectivity index (χ1n) is 9.04. The van der Waals surface area contributed by atoms with E-state index in [0.717, 1.165) is 11.8 Å². The fourth-order valence-electron chi connectivity index (χ4n) is 3.90. The molecule has 1 unspecified atom stereocenters. The molecule has 1 atom stereocenters. The van der Waals surface area contributed by atoms with E-state index in [1.165, 1.54) is 19.1 Å². The van der Waals surface area contributed by atoms with Gasteiger partial charge in [0.15, 0.2) is 17.2 Å². The van der Waals surface area contributed by atoms with Crippen LogP contribution in [0.1, 0.15) is 18.1 Å². The predicted molar refractivity (Wildman–Crippen MR) is 111 cm³/mol. The van der Waals surface area contributed by atoms with Crippen molar-refractivity contribution in [3.05, 3.63) is 107 Å². The lowest BCUT2D eigenvalue weighted by Crippen LogP contribution is -2.45. The maximum absolute atomic E-state index is 13.6. The number of halogens is 1. The second-order valence-corrected chi connectivity index (χ2v) is 9.08. The second-order valence-electron chi connectivity index (χ2n) is 7.03. The third-order valence-electron chi connectivity index (χ3n) is 5.17. The van der Waals surface area contributed by atoms with Gasteiger partial charge in [-0.3, -0.25) is 4.79 Å². The molecular weight excluding hydrogens is 389 g/mol. The summed E-state index contributed by atoms with van der Waals surface area (Å²) in [6, 6.07) is 15.1. The molecule has 0 amide bonds. The van der Waals surface area contributed by atoms with Crippen molar-refractivity contribution in [1.82, 2.24) is 0 Å². The Balaban J connectivity index is 2.12. The van der Waals surface area contributed by atoms with Gasteiger partial charge in [0.2, 0.25) is 0 Å². The van der Waals surface area contributed by atoms with Crippen LogP contribution in [-0.4, -0.2) is 24.3 Å². The molecule has 0 spiro atoms. The maximum Gasteiger partial charge on any atom is 0.308 e. The molecule has 2 aromatic rings. The molecule has 2 aliphatic rings. The fraction of sp³-hybridized carbons (Fsp3) is 0.0870. The number of sulfonamides is 1. The van der Waals surface area contributed by atoms with Gasteiger partial charge in [0.1, 0.15) is 12.0 Å². The summed E-state index contributed by atoms with van der Waals surface area (Å²) in [6.07, 6.45) is 7.68. The van der Waals surface area contributed by atoms with Gasteiger partial charge in [-0.15, -0.1) is 3.89 Å². The van der Waals surface area contributed by atoms with Crippen LogP contribution in [0.4, 0.5) is 4.39 Å². The number of Topliss-reactive ketones (excluding diaryl/α,β-unsaturated/α-hetero) is 1. The van der Waals surface area contributed by atoms with Crippen LogP contribution in [0, 0.1) is 5.82 Å². The van der Waals surface area contributed by atoms with Gasteiger partial charge in [-0.25, -0.2) is 4.39 Å². The van der Waals surface area contributed by atoms with Crippen LogP contribution in [0.2, 0.25) is 0 Å². The first-order valence-corrected chi connectivity index (χ1v) is 10.9. The molecule has 6 heteroatoms. The lowest BCUT2D eigenvalue weighted by Gasteiger charge is -2.34. The minimum atomic E-state index is -3.80. The van der Waals surface area contributed by atoms with Crippen molar-refractivity contribution in [2.45, 2.75) is 6.92 Å². The van der Waals surface area contributed by atoms with E-state index in [0.29, 0.717) is 28.1 Å². The molecule has 0 saturated heterocycles. The van der Waals surface area contributed by atoms with E-state index in [1.807, 2.05) is 30.3 Å². The number of nitrogens with zero attached hydrogens (tertiary/aromatic N) is 1. The van der Waals surface area contributed by atoms with Gasteiger partial charge >= 0.3 is 10.0 Å². The quantitative estimate of drug-likeness (QED) is 0.704. The van der Waals surface area contributed by atoms with Crippen molar-refractivity contribution in [2.75, 3.05) is 6.26 Å². The monoisotopic (exact) mass is 408 g/mol. The Morgan fingerprint density at radius 2 is 1.62 bits per heavy atom. The molecular formula is C23H19FNO3S+. The van der Waals surface area contributed by atoms with E-state index in [4.69, 9.17) is 0 Å². The van der Waals surface area contributed by atoms with E-state index >= 15 is 0 Å². The number of quaternary nitrogens is 1. The van der Waals surface area contributed by atoms with E-state index in [2.05, 4.69) is 0 Å². The first kappa shape index (κ1) is 19.2. The second kappa shape index (κ2) is 6.76. The number of hydrogen-bond donors (Lipinski definition) is 0. The lowest BCUT2D eigenvalue weighted by molar-refractivity contribution is -0.617. The SMILES string of the molecule is CC(=O)C1=CC=C[N+]2(S(C)(=O)=O)C1=CC(c1ccccc1)=C2c1ccc(F)cc1. The largest absolute Gasteiger partial charge is 0.308 e. The van der Waals surface area contributed by atoms with Crippen molar-refractivity contribution in [2.24, 2.45) is 0 Å². The topological polar surface area (TPSA) is 51.2 Å². The minimum Gasteiger partial charge on any atom is -0.294 e. The van der Waals surface area contributed by atoms with Gasteiger partial charge in [0, 0.05) is 11.6 Å². The summed E-state index contributed by atoms with van der Waals surface area (Å²) < 4.78 is 39.4. The Kier molecular flexibility index (Phi) is 4.48. The van der Waals surface area contributed by atoms with Gasteiger partial charge in [-0.1, -0.05) is 30.3 Å². The van der Waals surface area contributed by atoms with Crippen molar-refractivity contribution in [1.29, 1.82) is 0 Å². The first-order chi connectivity index (χ1) is 13.8. The van der Waals surface area contributed by atoms with Crippen LogP contribution >= 0.6 is 0 Å². The van der Waals surface area contributed by atoms with Crippen molar-refractivity contribution >= 4 is 27.1 Å².